The normalized spacial score (nSPS) is 19.1. The van der Waals surface area contributed by atoms with Gasteiger partial charge in [0.1, 0.15) is 11.3 Å². The standard InChI is InChI=1S/C24H26N4O3S/c1-2-22-23(25-7-1)26-24(32-22)31-19-3-4-20-17(16-30-21(20)14-19)15-27-8-5-18(6-9-27)28-10-12-29-13-11-28/h1-4,7,14,16,18H,5-6,8-13,15H2. The zero-order valence-corrected chi connectivity index (χ0v) is 18.7. The number of likely N-dealkylation sites (tertiary alicyclic amines) is 1. The lowest BCUT2D eigenvalue weighted by Gasteiger charge is -2.40. The van der Waals surface area contributed by atoms with Crippen molar-refractivity contribution in [2.24, 2.45) is 0 Å². The first-order valence-corrected chi connectivity index (χ1v) is 12.1. The molecule has 5 heterocycles. The zero-order valence-electron chi connectivity index (χ0n) is 17.9. The van der Waals surface area contributed by atoms with Crippen molar-refractivity contribution in [3.8, 4) is 10.9 Å². The number of benzene rings is 1. The molecule has 8 heteroatoms. The van der Waals surface area contributed by atoms with Crippen LogP contribution in [-0.4, -0.2) is 65.2 Å². The van der Waals surface area contributed by atoms with Crippen LogP contribution in [-0.2, 0) is 11.3 Å². The lowest BCUT2D eigenvalue weighted by Crippen LogP contribution is -2.48. The Morgan fingerprint density at radius 3 is 2.81 bits per heavy atom. The molecule has 6 rings (SSSR count). The maximum Gasteiger partial charge on any atom is 0.281 e. The van der Waals surface area contributed by atoms with Crippen molar-refractivity contribution in [1.29, 1.82) is 0 Å². The third kappa shape index (κ3) is 4.11. The number of ether oxygens (including phenoxy) is 2. The molecule has 0 saturated carbocycles. The molecule has 0 radical (unpaired) electrons. The topological polar surface area (TPSA) is 63.9 Å². The maximum absolute atomic E-state index is 5.98. The Bertz CT molecular complexity index is 1180. The highest BCUT2D eigenvalue weighted by molar-refractivity contribution is 7.20. The molecule has 0 atom stereocenters. The number of pyridine rings is 1. The quantitative estimate of drug-likeness (QED) is 0.443. The van der Waals surface area contributed by atoms with E-state index in [1.807, 2.05) is 30.5 Å². The van der Waals surface area contributed by atoms with Gasteiger partial charge in [-0.25, -0.2) is 4.98 Å². The summed E-state index contributed by atoms with van der Waals surface area (Å²) in [6.07, 6.45) is 6.09. The number of rotatable bonds is 5. The molecule has 0 bridgehead atoms. The second-order valence-electron chi connectivity index (χ2n) is 8.48. The second kappa shape index (κ2) is 8.78. The lowest BCUT2D eigenvalue weighted by molar-refractivity contribution is 0.000245. The zero-order chi connectivity index (χ0) is 21.3. The molecule has 0 unspecified atom stereocenters. The molecule has 2 fully saturated rings. The van der Waals surface area contributed by atoms with Crippen LogP contribution in [0.1, 0.15) is 18.4 Å². The van der Waals surface area contributed by atoms with E-state index in [1.165, 1.54) is 29.7 Å². The van der Waals surface area contributed by atoms with Crippen LogP contribution in [0.3, 0.4) is 0 Å². The largest absolute Gasteiger partial charge is 0.464 e. The summed E-state index contributed by atoms with van der Waals surface area (Å²) in [4.78, 5) is 13.9. The van der Waals surface area contributed by atoms with Gasteiger partial charge in [-0.15, -0.1) is 0 Å². The van der Waals surface area contributed by atoms with Crippen LogP contribution in [0, 0.1) is 0 Å². The summed E-state index contributed by atoms with van der Waals surface area (Å²) < 4.78 is 18.4. The average molecular weight is 451 g/mol. The molecule has 0 amide bonds. The molecule has 1 aromatic carbocycles. The monoisotopic (exact) mass is 450 g/mol. The molecule has 2 aliphatic heterocycles. The SMILES string of the molecule is c1cnc2nc(Oc3ccc4c(CN5CCC(N6CCOCC6)CC5)coc4c3)sc2c1. The van der Waals surface area contributed by atoms with Crippen molar-refractivity contribution < 1.29 is 13.9 Å². The third-order valence-corrected chi connectivity index (χ3v) is 7.38. The van der Waals surface area contributed by atoms with Gasteiger partial charge in [0.15, 0.2) is 5.65 Å². The van der Waals surface area contributed by atoms with Crippen LogP contribution in [0.5, 0.6) is 10.9 Å². The maximum atomic E-state index is 5.98. The summed E-state index contributed by atoms with van der Waals surface area (Å²) in [5.74, 6) is 0.726. The average Bonchev–Trinajstić information content (AvgIpc) is 3.43. The Morgan fingerprint density at radius 1 is 1.09 bits per heavy atom. The van der Waals surface area contributed by atoms with E-state index in [2.05, 4.69) is 25.8 Å². The summed E-state index contributed by atoms with van der Waals surface area (Å²) in [7, 11) is 0. The van der Waals surface area contributed by atoms with Crippen LogP contribution in [0.4, 0.5) is 0 Å². The van der Waals surface area contributed by atoms with Crippen LogP contribution in [0.2, 0.25) is 0 Å². The number of hydrogen-bond acceptors (Lipinski definition) is 8. The van der Waals surface area contributed by atoms with Gasteiger partial charge in [-0.3, -0.25) is 9.80 Å². The molecule has 0 N–H and O–H groups in total. The van der Waals surface area contributed by atoms with Crippen molar-refractivity contribution in [3.63, 3.8) is 0 Å². The Hall–Kier alpha value is -2.52. The predicted molar refractivity (Wildman–Crippen MR) is 124 cm³/mol. The van der Waals surface area contributed by atoms with E-state index in [-0.39, 0.29) is 0 Å². The smallest absolute Gasteiger partial charge is 0.281 e. The van der Waals surface area contributed by atoms with E-state index in [9.17, 15) is 0 Å². The van der Waals surface area contributed by atoms with Crippen LogP contribution in [0.25, 0.3) is 21.3 Å². The Kier molecular flexibility index (Phi) is 5.52. The number of aromatic nitrogens is 2. The first kappa shape index (κ1) is 20.1. The van der Waals surface area contributed by atoms with Gasteiger partial charge in [-0.05, 0) is 50.2 Å². The first-order chi connectivity index (χ1) is 15.8. The minimum atomic E-state index is 0.591. The Labute approximate surface area is 190 Å². The number of piperidine rings is 1. The number of hydrogen-bond donors (Lipinski definition) is 0. The molecular weight excluding hydrogens is 424 g/mol. The summed E-state index contributed by atoms with van der Waals surface area (Å²) in [5, 5.41) is 1.74. The van der Waals surface area contributed by atoms with Crippen LogP contribution < -0.4 is 4.74 Å². The molecular formula is C24H26N4O3S. The van der Waals surface area contributed by atoms with Gasteiger partial charge in [-0.1, -0.05) is 11.3 Å². The van der Waals surface area contributed by atoms with E-state index >= 15 is 0 Å². The minimum Gasteiger partial charge on any atom is -0.464 e. The highest BCUT2D eigenvalue weighted by atomic mass is 32.1. The Morgan fingerprint density at radius 2 is 1.97 bits per heavy atom. The fraction of sp³-hybridized carbons (Fsp3) is 0.417. The van der Waals surface area contributed by atoms with Gasteiger partial charge < -0.3 is 13.9 Å². The number of nitrogens with zero attached hydrogens (tertiary/aromatic N) is 4. The molecule has 2 saturated heterocycles. The van der Waals surface area contributed by atoms with Gasteiger partial charge in [0.05, 0.1) is 24.2 Å². The van der Waals surface area contributed by atoms with Crippen LogP contribution >= 0.6 is 11.3 Å². The van der Waals surface area contributed by atoms with Crippen molar-refractivity contribution in [2.45, 2.75) is 25.4 Å². The van der Waals surface area contributed by atoms with E-state index in [0.29, 0.717) is 16.9 Å². The van der Waals surface area contributed by atoms with Gasteiger partial charge >= 0.3 is 0 Å². The van der Waals surface area contributed by atoms with Crippen molar-refractivity contribution in [2.75, 3.05) is 39.4 Å². The first-order valence-electron chi connectivity index (χ1n) is 11.3. The summed E-state index contributed by atoms with van der Waals surface area (Å²) in [5.41, 5.74) is 2.80. The van der Waals surface area contributed by atoms with E-state index in [0.717, 1.165) is 67.4 Å². The number of morpholine rings is 1. The summed E-state index contributed by atoms with van der Waals surface area (Å²) >= 11 is 1.49. The molecule has 7 nitrogen and oxygen atoms in total. The number of thiazole rings is 1. The second-order valence-corrected chi connectivity index (χ2v) is 9.47. The van der Waals surface area contributed by atoms with Gasteiger partial charge in [-0.2, -0.15) is 4.98 Å². The molecule has 32 heavy (non-hydrogen) atoms. The van der Waals surface area contributed by atoms with Crippen LogP contribution in [0.15, 0.2) is 47.2 Å². The van der Waals surface area contributed by atoms with E-state index < -0.39 is 0 Å². The Balaban J connectivity index is 1.11. The number of furan rings is 1. The van der Waals surface area contributed by atoms with Crippen molar-refractivity contribution in [1.82, 2.24) is 19.8 Å². The molecule has 4 aromatic rings. The molecule has 166 valence electrons. The molecule has 0 aliphatic carbocycles. The van der Waals surface area contributed by atoms with Crippen molar-refractivity contribution >= 4 is 32.7 Å². The molecule has 0 spiro atoms. The fourth-order valence-electron chi connectivity index (χ4n) is 4.77. The van der Waals surface area contributed by atoms with E-state index in [4.69, 9.17) is 13.9 Å². The minimum absolute atomic E-state index is 0.591. The van der Waals surface area contributed by atoms with Gasteiger partial charge in [0.25, 0.3) is 5.19 Å². The third-order valence-electron chi connectivity index (χ3n) is 6.49. The number of fused-ring (bicyclic) bond motifs is 2. The predicted octanol–water partition coefficient (Wildman–Crippen LogP) is 4.53. The van der Waals surface area contributed by atoms with Gasteiger partial charge in [0.2, 0.25) is 0 Å². The summed E-state index contributed by atoms with van der Waals surface area (Å²) in [6.45, 7) is 7.09. The van der Waals surface area contributed by atoms with Gasteiger partial charge in [0, 0.05) is 48.9 Å². The highest BCUT2D eigenvalue weighted by Crippen LogP contribution is 2.33. The van der Waals surface area contributed by atoms with Crippen molar-refractivity contribution in [3.05, 3.63) is 48.4 Å². The fourth-order valence-corrected chi connectivity index (χ4v) is 5.56. The molecule has 3 aromatic heterocycles. The molecule has 2 aliphatic rings. The van der Waals surface area contributed by atoms with E-state index in [1.54, 1.807) is 6.20 Å². The highest BCUT2D eigenvalue weighted by Gasteiger charge is 2.26. The lowest BCUT2D eigenvalue weighted by atomic mass is 10.0. The summed E-state index contributed by atoms with van der Waals surface area (Å²) in [6, 6.07) is 10.6.